The minimum absolute atomic E-state index is 0.124. The van der Waals surface area contributed by atoms with Gasteiger partial charge in [-0.05, 0) is 67.2 Å². The fraction of sp³-hybridized carbons (Fsp3) is 0.0714. The summed E-state index contributed by atoms with van der Waals surface area (Å²) in [5, 5.41) is 3.39. The van der Waals surface area contributed by atoms with E-state index in [1.165, 1.54) is 18.2 Å². The number of thiocarbonyl (C=S) groups is 1. The zero-order valence-electron chi connectivity index (χ0n) is 11.1. The molecule has 0 aromatic heterocycles. The van der Waals surface area contributed by atoms with Crippen LogP contribution in [0.5, 0.6) is 0 Å². The monoisotopic (exact) mass is 340 g/mol. The summed E-state index contributed by atoms with van der Waals surface area (Å²) >= 11 is 10.6. The van der Waals surface area contributed by atoms with Gasteiger partial charge in [-0.3, -0.25) is 0 Å². The highest BCUT2D eigenvalue weighted by atomic mass is 35.5. The molecule has 0 fully saturated rings. The largest absolute Gasteiger partial charge is 0.376 e. The number of sulfone groups is 1. The van der Waals surface area contributed by atoms with Crippen LogP contribution in [0.15, 0.2) is 52.3 Å². The smallest absolute Gasteiger partial charge is 0.206 e. The SMILES string of the molecule is Cc1cc(S(=O)(=O)c2ccc(NC(N)=S)cc2)ccc1Cl. The number of aryl methyl sites for hydroxylation is 1. The minimum Gasteiger partial charge on any atom is -0.376 e. The molecular formula is C14H13ClN2O2S2. The third-order valence-corrected chi connectivity index (χ3v) is 5.17. The van der Waals surface area contributed by atoms with E-state index in [0.29, 0.717) is 16.3 Å². The van der Waals surface area contributed by atoms with Crippen LogP contribution in [0.3, 0.4) is 0 Å². The minimum atomic E-state index is -3.57. The molecule has 2 aromatic rings. The molecule has 21 heavy (non-hydrogen) atoms. The summed E-state index contributed by atoms with van der Waals surface area (Å²) in [6, 6.07) is 10.8. The van der Waals surface area contributed by atoms with Gasteiger partial charge in [0, 0.05) is 10.7 Å². The number of benzene rings is 2. The van der Waals surface area contributed by atoms with Crippen LogP contribution in [0.2, 0.25) is 5.02 Å². The fourth-order valence-corrected chi connectivity index (χ4v) is 3.36. The molecule has 0 atom stereocenters. The average Bonchev–Trinajstić information content (AvgIpc) is 2.41. The Kier molecular flexibility index (Phi) is 4.51. The topological polar surface area (TPSA) is 72.2 Å². The Labute approximate surface area is 133 Å². The Balaban J connectivity index is 2.39. The number of halogens is 1. The van der Waals surface area contributed by atoms with Gasteiger partial charge in [0.25, 0.3) is 0 Å². The van der Waals surface area contributed by atoms with E-state index in [1.807, 2.05) is 0 Å². The summed E-state index contributed by atoms with van der Waals surface area (Å²) in [6.07, 6.45) is 0. The zero-order chi connectivity index (χ0) is 15.6. The maximum Gasteiger partial charge on any atom is 0.206 e. The first-order chi connectivity index (χ1) is 9.80. The number of rotatable bonds is 3. The number of nitrogens with one attached hydrogen (secondary N) is 1. The molecule has 3 N–H and O–H groups in total. The predicted octanol–water partition coefficient (Wildman–Crippen LogP) is 3.14. The van der Waals surface area contributed by atoms with Gasteiger partial charge in [-0.15, -0.1) is 0 Å². The van der Waals surface area contributed by atoms with Gasteiger partial charge in [0.1, 0.15) is 0 Å². The first-order valence-corrected chi connectivity index (χ1v) is 8.25. The molecular weight excluding hydrogens is 328 g/mol. The van der Waals surface area contributed by atoms with Crippen molar-refractivity contribution in [2.75, 3.05) is 5.32 Å². The molecule has 2 aromatic carbocycles. The van der Waals surface area contributed by atoms with Crippen molar-refractivity contribution in [1.29, 1.82) is 0 Å². The van der Waals surface area contributed by atoms with Crippen LogP contribution >= 0.6 is 23.8 Å². The second-order valence-corrected chi connectivity index (χ2v) is 7.22. The number of hydrogen-bond donors (Lipinski definition) is 2. The molecule has 0 radical (unpaired) electrons. The second-order valence-electron chi connectivity index (χ2n) is 4.43. The standard InChI is InChI=1S/C14H13ClN2O2S2/c1-9-8-12(6-7-13(9)15)21(18,19)11-4-2-10(3-5-11)17-14(16)20/h2-8H,1H3,(H3,16,17,20). The Hall–Kier alpha value is -1.63. The summed E-state index contributed by atoms with van der Waals surface area (Å²) in [5.41, 5.74) is 6.71. The van der Waals surface area contributed by atoms with Gasteiger partial charge in [-0.25, -0.2) is 8.42 Å². The second kappa shape index (κ2) is 6.01. The third-order valence-electron chi connectivity index (χ3n) is 2.87. The number of nitrogens with two attached hydrogens (primary N) is 1. The van der Waals surface area contributed by atoms with Gasteiger partial charge in [0.05, 0.1) is 9.79 Å². The lowest BCUT2D eigenvalue weighted by Gasteiger charge is -2.08. The highest BCUT2D eigenvalue weighted by Crippen LogP contribution is 2.25. The zero-order valence-corrected chi connectivity index (χ0v) is 13.5. The van der Waals surface area contributed by atoms with E-state index in [-0.39, 0.29) is 14.9 Å². The van der Waals surface area contributed by atoms with Crippen molar-refractivity contribution in [2.45, 2.75) is 16.7 Å². The van der Waals surface area contributed by atoms with E-state index in [4.69, 9.17) is 29.6 Å². The van der Waals surface area contributed by atoms with Crippen molar-refractivity contribution < 1.29 is 8.42 Å². The molecule has 0 saturated carbocycles. The predicted molar refractivity (Wildman–Crippen MR) is 88.5 cm³/mol. The molecule has 4 nitrogen and oxygen atoms in total. The highest BCUT2D eigenvalue weighted by molar-refractivity contribution is 7.91. The van der Waals surface area contributed by atoms with Gasteiger partial charge >= 0.3 is 0 Å². The van der Waals surface area contributed by atoms with Gasteiger partial charge in [-0.1, -0.05) is 11.6 Å². The molecule has 0 saturated heterocycles. The lowest BCUT2D eigenvalue weighted by Crippen LogP contribution is -2.18. The van der Waals surface area contributed by atoms with Crippen LogP contribution in [0, 0.1) is 6.92 Å². The molecule has 0 bridgehead atoms. The maximum absolute atomic E-state index is 12.5. The van der Waals surface area contributed by atoms with Gasteiger partial charge < -0.3 is 11.1 Å². The summed E-state index contributed by atoms with van der Waals surface area (Å²) in [5.74, 6) is 0. The molecule has 0 aliphatic rings. The van der Waals surface area contributed by atoms with Crippen LogP contribution in [0.1, 0.15) is 5.56 Å². The average molecular weight is 341 g/mol. The van der Waals surface area contributed by atoms with Crippen LogP contribution in [0.25, 0.3) is 0 Å². The normalized spacial score (nSPS) is 11.1. The number of anilines is 1. The van der Waals surface area contributed by atoms with Gasteiger partial charge in [0.15, 0.2) is 5.11 Å². The van der Waals surface area contributed by atoms with Gasteiger partial charge in [0.2, 0.25) is 9.84 Å². The van der Waals surface area contributed by atoms with Crippen LogP contribution < -0.4 is 11.1 Å². The Bertz CT molecular complexity index is 787. The van der Waals surface area contributed by atoms with Crippen molar-refractivity contribution in [1.82, 2.24) is 0 Å². The van der Waals surface area contributed by atoms with Crippen molar-refractivity contribution in [3.63, 3.8) is 0 Å². The summed E-state index contributed by atoms with van der Waals surface area (Å²) in [7, 11) is -3.57. The van der Waals surface area contributed by atoms with E-state index >= 15 is 0 Å². The maximum atomic E-state index is 12.5. The third kappa shape index (κ3) is 3.53. The fourth-order valence-electron chi connectivity index (χ4n) is 1.78. The summed E-state index contributed by atoms with van der Waals surface area (Å²) in [4.78, 5) is 0.400. The molecule has 0 unspecified atom stereocenters. The van der Waals surface area contributed by atoms with Crippen LogP contribution in [0.4, 0.5) is 5.69 Å². The van der Waals surface area contributed by atoms with E-state index in [0.717, 1.165) is 0 Å². The number of hydrogen-bond acceptors (Lipinski definition) is 3. The van der Waals surface area contributed by atoms with Crippen molar-refractivity contribution >= 4 is 44.5 Å². The van der Waals surface area contributed by atoms with Crippen molar-refractivity contribution in [2.24, 2.45) is 5.73 Å². The lowest BCUT2D eigenvalue weighted by molar-refractivity contribution is 0.596. The molecule has 0 heterocycles. The highest BCUT2D eigenvalue weighted by Gasteiger charge is 2.18. The summed E-state index contributed by atoms with van der Waals surface area (Å²) in [6.45, 7) is 1.76. The molecule has 0 spiro atoms. The van der Waals surface area contributed by atoms with Crippen LogP contribution in [-0.4, -0.2) is 13.5 Å². The van der Waals surface area contributed by atoms with Crippen molar-refractivity contribution in [3.05, 3.63) is 53.1 Å². The Morgan fingerprint density at radius 3 is 2.24 bits per heavy atom. The lowest BCUT2D eigenvalue weighted by atomic mass is 10.2. The van der Waals surface area contributed by atoms with Crippen LogP contribution in [-0.2, 0) is 9.84 Å². The Morgan fingerprint density at radius 2 is 1.71 bits per heavy atom. The van der Waals surface area contributed by atoms with E-state index in [1.54, 1.807) is 31.2 Å². The molecule has 7 heteroatoms. The molecule has 2 rings (SSSR count). The quantitative estimate of drug-likeness (QED) is 0.840. The molecule has 110 valence electrons. The van der Waals surface area contributed by atoms with Gasteiger partial charge in [-0.2, -0.15) is 0 Å². The summed E-state index contributed by atoms with van der Waals surface area (Å²) < 4.78 is 25.0. The molecule has 0 aliphatic heterocycles. The molecule has 0 aliphatic carbocycles. The Morgan fingerprint density at radius 1 is 1.14 bits per heavy atom. The first kappa shape index (κ1) is 15.8. The van der Waals surface area contributed by atoms with E-state index in [2.05, 4.69) is 5.32 Å². The first-order valence-electron chi connectivity index (χ1n) is 5.98. The molecule has 0 amide bonds. The van der Waals surface area contributed by atoms with E-state index in [9.17, 15) is 8.42 Å². The van der Waals surface area contributed by atoms with Crippen molar-refractivity contribution in [3.8, 4) is 0 Å². The van der Waals surface area contributed by atoms with E-state index < -0.39 is 9.84 Å².